The Labute approximate surface area is 134 Å². The number of fused-ring (bicyclic) bond motifs is 1. The minimum atomic E-state index is -0.161. The van der Waals surface area contributed by atoms with Crippen molar-refractivity contribution in [2.24, 2.45) is 0 Å². The van der Waals surface area contributed by atoms with Gasteiger partial charge in [-0.25, -0.2) is 4.98 Å². The van der Waals surface area contributed by atoms with Crippen molar-refractivity contribution in [3.63, 3.8) is 0 Å². The number of nitrogens with zero attached hydrogens (tertiary/aromatic N) is 2. The molecule has 0 spiro atoms. The van der Waals surface area contributed by atoms with E-state index in [0.29, 0.717) is 0 Å². The standard InChI is InChI=1S/C15H12BrN3OS/c1-10-8-11(16)2-4-13(10)18-14(20)5-3-12-9-17-15-19(12)6-7-21-15/h2-9H,1H3,(H,18,20)/b5-3+. The van der Waals surface area contributed by atoms with Crippen LogP contribution in [0.3, 0.4) is 0 Å². The topological polar surface area (TPSA) is 46.4 Å². The first-order valence-corrected chi connectivity index (χ1v) is 7.96. The van der Waals surface area contributed by atoms with Gasteiger partial charge < -0.3 is 5.32 Å². The molecule has 0 aliphatic carbocycles. The molecule has 1 amide bonds. The van der Waals surface area contributed by atoms with E-state index < -0.39 is 0 Å². The molecular formula is C15H12BrN3OS. The highest BCUT2D eigenvalue weighted by molar-refractivity contribution is 9.10. The van der Waals surface area contributed by atoms with Crippen LogP contribution in [-0.2, 0) is 4.79 Å². The Morgan fingerprint density at radius 1 is 1.48 bits per heavy atom. The average molecular weight is 362 g/mol. The lowest BCUT2D eigenvalue weighted by Gasteiger charge is -2.06. The molecule has 0 bridgehead atoms. The fraction of sp³-hybridized carbons (Fsp3) is 0.0667. The van der Waals surface area contributed by atoms with E-state index in [0.717, 1.165) is 26.4 Å². The number of benzene rings is 1. The highest BCUT2D eigenvalue weighted by Crippen LogP contribution is 2.20. The lowest BCUT2D eigenvalue weighted by atomic mass is 10.2. The molecule has 0 aliphatic heterocycles. The second-order valence-corrected chi connectivity index (χ2v) is 6.31. The molecule has 0 atom stereocenters. The minimum Gasteiger partial charge on any atom is -0.322 e. The van der Waals surface area contributed by atoms with Crippen molar-refractivity contribution in [2.75, 3.05) is 5.32 Å². The number of anilines is 1. The fourth-order valence-electron chi connectivity index (χ4n) is 1.97. The molecule has 0 aliphatic rings. The minimum absolute atomic E-state index is 0.161. The van der Waals surface area contributed by atoms with Crippen LogP contribution in [0.4, 0.5) is 5.69 Å². The van der Waals surface area contributed by atoms with Crippen LogP contribution in [-0.4, -0.2) is 15.3 Å². The quantitative estimate of drug-likeness (QED) is 0.713. The molecule has 1 aromatic carbocycles. The lowest BCUT2D eigenvalue weighted by molar-refractivity contribution is -0.111. The van der Waals surface area contributed by atoms with E-state index >= 15 is 0 Å². The number of imidazole rings is 1. The zero-order chi connectivity index (χ0) is 14.8. The smallest absolute Gasteiger partial charge is 0.248 e. The van der Waals surface area contributed by atoms with Crippen LogP contribution in [0.25, 0.3) is 11.0 Å². The van der Waals surface area contributed by atoms with E-state index in [4.69, 9.17) is 0 Å². The summed E-state index contributed by atoms with van der Waals surface area (Å²) in [5.41, 5.74) is 2.70. The summed E-state index contributed by atoms with van der Waals surface area (Å²) >= 11 is 4.96. The molecule has 106 valence electrons. The third kappa shape index (κ3) is 3.06. The zero-order valence-corrected chi connectivity index (χ0v) is 13.6. The molecule has 0 radical (unpaired) electrons. The molecule has 2 aromatic heterocycles. The van der Waals surface area contributed by atoms with Crippen LogP contribution < -0.4 is 5.32 Å². The Bertz CT molecular complexity index is 834. The van der Waals surface area contributed by atoms with Gasteiger partial charge in [0.25, 0.3) is 0 Å². The van der Waals surface area contributed by atoms with Crippen LogP contribution >= 0.6 is 27.3 Å². The van der Waals surface area contributed by atoms with Crippen LogP contribution in [0.2, 0.25) is 0 Å². The van der Waals surface area contributed by atoms with E-state index in [-0.39, 0.29) is 5.91 Å². The zero-order valence-electron chi connectivity index (χ0n) is 11.2. The molecule has 21 heavy (non-hydrogen) atoms. The van der Waals surface area contributed by atoms with E-state index in [1.54, 1.807) is 23.6 Å². The number of nitrogens with one attached hydrogen (secondary N) is 1. The van der Waals surface area contributed by atoms with Crippen molar-refractivity contribution in [2.45, 2.75) is 6.92 Å². The summed E-state index contributed by atoms with van der Waals surface area (Å²) in [6.07, 6.45) is 6.96. The Morgan fingerprint density at radius 3 is 3.14 bits per heavy atom. The van der Waals surface area contributed by atoms with Gasteiger partial charge in [-0.05, 0) is 36.8 Å². The predicted molar refractivity (Wildman–Crippen MR) is 89.6 cm³/mol. The highest BCUT2D eigenvalue weighted by Gasteiger charge is 2.04. The number of halogens is 1. The van der Waals surface area contributed by atoms with Crippen molar-refractivity contribution in [3.05, 3.63) is 57.8 Å². The number of hydrogen-bond donors (Lipinski definition) is 1. The summed E-state index contributed by atoms with van der Waals surface area (Å²) in [5.74, 6) is -0.161. The second kappa shape index (κ2) is 5.83. The summed E-state index contributed by atoms with van der Waals surface area (Å²) in [7, 11) is 0. The molecule has 2 heterocycles. The van der Waals surface area contributed by atoms with Gasteiger partial charge in [-0.15, -0.1) is 11.3 Å². The molecule has 0 saturated carbocycles. The number of aromatic nitrogens is 2. The van der Waals surface area contributed by atoms with Gasteiger partial charge >= 0.3 is 0 Å². The Balaban J connectivity index is 1.74. The maximum Gasteiger partial charge on any atom is 0.248 e. The summed E-state index contributed by atoms with van der Waals surface area (Å²) in [6.45, 7) is 1.95. The summed E-state index contributed by atoms with van der Waals surface area (Å²) in [5, 5.41) is 4.83. The van der Waals surface area contributed by atoms with Crippen molar-refractivity contribution in [1.29, 1.82) is 0 Å². The summed E-state index contributed by atoms with van der Waals surface area (Å²) in [6, 6.07) is 5.74. The van der Waals surface area contributed by atoms with Gasteiger partial charge in [-0.1, -0.05) is 15.9 Å². The van der Waals surface area contributed by atoms with Crippen molar-refractivity contribution in [3.8, 4) is 0 Å². The molecule has 0 saturated heterocycles. The van der Waals surface area contributed by atoms with E-state index in [1.807, 2.05) is 41.1 Å². The maximum atomic E-state index is 12.0. The monoisotopic (exact) mass is 361 g/mol. The number of carbonyl (C=O) groups is 1. The normalized spacial score (nSPS) is 11.3. The maximum absolute atomic E-state index is 12.0. The number of rotatable bonds is 3. The van der Waals surface area contributed by atoms with Gasteiger partial charge in [0.2, 0.25) is 5.91 Å². The molecular weight excluding hydrogens is 350 g/mol. The van der Waals surface area contributed by atoms with Crippen LogP contribution in [0.1, 0.15) is 11.3 Å². The van der Waals surface area contributed by atoms with Crippen LogP contribution in [0.5, 0.6) is 0 Å². The summed E-state index contributed by atoms with van der Waals surface area (Å²) in [4.78, 5) is 17.2. The van der Waals surface area contributed by atoms with Crippen molar-refractivity contribution >= 4 is 49.9 Å². The largest absolute Gasteiger partial charge is 0.322 e. The van der Waals surface area contributed by atoms with Gasteiger partial charge in [0.1, 0.15) is 0 Å². The first kappa shape index (κ1) is 14.0. The molecule has 3 aromatic rings. The second-order valence-electron chi connectivity index (χ2n) is 4.52. The molecule has 0 unspecified atom stereocenters. The summed E-state index contributed by atoms with van der Waals surface area (Å²) < 4.78 is 2.94. The van der Waals surface area contributed by atoms with Gasteiger partial charge in [-0.3, -0.25) is 9.20 Å². The first-order valence-electron chi connectivity index (χ1n) is 6.29. The van der Waals surface area contributed by atoms with Crippen LogP contribution in [0.15, 0.2) is 46.5 Å². The Hall–Kier alpha value is -1.92. The van der Waals surface area contributed by atoms with E-state index in [9.17, 15) is 4.79 Å². The third-order valence-electron chi connectivity index (χ3n) is 3.03. The van der Waals surface area contributed by atoms with E-state index in [1.165, 1.54) is 6.08 Å². The average Bonchev–Trinajstić information content (AvgIpc) is 3.03. The SMILES string of the molecule is Cc1cc(Br)ccc1NC(=O)/C=C/c1cnc2sccn12. The van der Waals surface area contributed by atoms with Gasteiger partial charge in [-0.2, -0.15) is 0 Å². The number of amides is 1. The Morgan fingerprint density at radius 2 is 2.33 bits per heavy atom. The van der Waals surface area contributed by atoms with Crippen molar-refractivity contribution in [1.82, 2.24) is 9.38 Å². The van der Waals surface area contributed by atoms with Gasteiger partial charge in [0, 0.05) is 27.8 Å². The highest BCUT2D eigenvalue weighted by atomic mass is 79.9. The molecule has 4 nitrogen and oxygen atoms in total. The molecule has 6 heteroatoms. The fourth-order valence-corrected chi connectivity index (χ4v) is 3.14. The first-order chi connectivity index (χ1) is 10.1. The molecule has 1 N–H and O–H groups in total. The van der Waals surface area contributed by atoms with Crippen molar-refractivity contribution < 1.29 is 4.79 Å². The van der Waals surface area contributed by atoms with E-state index in [2.05, 4.69) is 26.2 Å². The van der Waals surface area contributed by atoms with Gasteiger partial charge in [0.15, 0.2) is 4.96 Å². The Kier molecular flexibility index (Phi) is 3.90. The van der Waals surface area contributed by atoms with Crippen LogP contribution in [0, 0.1) is 6.92 Å². The number of aryl methyl sites for hydroxylation is 1. The number of carbonyl (C=O) groups excluding carboxylic acids is 1. The lowest BCUT2D eigenvalue weighted by Crippen LogP contribution is -2.08. The van der Waals surface area contributed by atoms with Gasteiger partial charge in [0.05, 0.1) is 11.9 Å². The molecule has 0 fully saturated rings. The number of thiazole rings is 1. The predicted octanol–water partition coefficient (Wildman–Crippen LogP) is 4.12. The molecule has 3 rings (SSSR count). The third-order valence-corrected chi connectivity index (χ3v) is 4.29. The number of hydrogen-bond acceptors (Lipinski definition) is 3.